The van der Waals surface area contributed by atoms with E-state index in [1.165, 1.54) is 30.4 Å². The molecule has 2 N–H and O–H groups in total. The minimum Gasteiger partial charge on any atom is -0.508 e. The molecule has 1 aliphatic carbocycles. The van der Waals surface area contributed by atoms with Gasteiger partial charge in [0, 0.05) is 11.0 Å². The van der Waals surface area contributed by atoms with Crippen LogP contribution in [-0.4, -0.2) is 10.2 Å². The maximum atomic E-state index is 9.96. The fraction of sp³-hybridized carbons (Fsp3) is 0.333. The van der Waals surface area contributed by atoms with Crippen molar-refractivity contribution in [1.29, 1.82) is 0 Å². The van der Waals surface area contributed by atoms with Crippen LogP contribution < -0.4 is 0 Å². The first-order valence-corrected chi connectivity index (χ1v) is 8.33. The molecule has 1 aliphatic rings. The van der Waals surface area contributed by atoms with Gasteiger partial charge in [-0.1, -0.05) is 50.1 Å². The van der Waals surface area contributed by atoms with Crippen molar-refractivity contribution in [2.24, 2.45) is 0 Å². The first-order chi connectivity index (χ1) is 11.1. The van der Waals surface area contributed by atoms with Crippen molar-refractivity contribution in [2.75, 3.05) is 0 Å². The summed E-state index contributed by atoms with van der Waals surface area (Å²) in [6.45, 7) is 5.75. The predicted molar refractivity (Wildman–Crippen MR) is 94.9 cm³/mol. The fourth-order valence-corrected chi connectivity index (χ4v) is 3.87. The van der Waals surface area contributed by atoms with Crippen LogP contribution in [0.1, 0.15) is 54.4 Å². The zero-order valence-corrected chi connectivity index (χ0v) is 13.7. The molecule has 0 aliphatic heterocycles. The smallest absolute Gasteiger partial charge is 0.122 e. The van der Waals surface area contributed by atoms with Gasteiger partial charge in [0.25, 0.3) is 0 Å². The summed E-state index contributed by atoms with van der Waals surface area (Å²) in [7, 11) is 0. The zero-order valence-electron chi connectivity index (χ0n) is 13.7. The van der Waals surface area contributed by atoms with Crippen LogP contribution in [0.5, 0.6) is 11.5 Å². The van der Waals surface area contributed by atoms with E-state index in [1.54, 1.807) is 18.2 Å². The van der Waals surface area contributed by atoms with Gasteiger partial charge in [-0.3, -0.25) is 0 Å². The molecule has 23 heavy (non-hydrogen) atoms. The first-order valence-electron chi connectivity index (χ1n) is 8.33. The summed E-state index contributed by atoms with van der Waals surface area (Å²) in [5.74, 6) is 0.619. The number of aryl methyl sites for hydroxylation is 1. The van der Waals surface area contributed by atoms with Crippen molar-refractivity contribution in [3.05, 3.63) is 65.2 Å². The first kappa shape index (κ1) is 15.7. The average molecular weight is 308 g/mol. The molecule has 0 bridgehead atoms. The van der Waals surface area contributed by atoms with Crippen LogP contribution in [0.3, 0.4) is 0 Å². The Kier molecular flexibility index (Phi) is 4.16. The number of benzene rings is 2. The number of hydrogen-bond acceptors (Lipinski definition) is 2. The van der Waals surface area contributed by atoms with Crippen molar-refractivity contribution < 1.29 is 10.2 Å². The molecule has 0 heterocycles. The highest BCUT2D eigenvalue weighted by Crippen LogP contribution is 2.46. The van der Waals surface area contributed by atoms with Gasteiger partial charge in [0.2, 0.25) is 0 Å². The van der Waals surface area contributed by atoms with E-state index in [2.05, 4.69) is 18.7 Å². The Labute approximate surface area is 138 Å². The molecule has 0 unspecified atom stereocenters. The molecule has 0 amide bonds. The molecule has 1 saturated carbocycles. The molecular formula is C21H24O2. The van der Waals surface area contributed by atoms with Crippen LogP contribution >= 0.6 is 0 Å². The summed E-state index contributed by atoms with van der Waals surface area (Å²) < 4.78 is 0. The molecular weight excluding hydrogens is 284 g/mol. The lowest BCUT2D eigenvalue weighted by Crippen LogP contribution is -2.30. The van der Waals surface area contributed by atoms with Crippen molar-refractivity contribution in [2.45, 2.75) is 44.4 Å². The SMILES string of the molecule is C=Cc1cc(C2(c3ccc(O)c(C)c3)CCCCC2)ccc1O. The van der Waals surface area contributed by atoms with Gasteiger partial charge in [0.15, 0.2) is 0 Å². The number of aromatic hydroxyl groups is 2. The third-order valence-electron chi connectivity index (χ3n) is 5.26. The van der Waals surface area contributed by atoms with Gasteiger partial charge < -0.3 is 10.2 Å². The van der Waals surface area contributed by atoms with E-state index in [0.29, 0.717) is 5.75 Å². The normalized spacial score (nSPS) is 16.9. The molecule has 0 aromatic heterocycles. The Morgan fingerprint density at radius 2 is 1.52 bits per heavy atom. The van der Waals surface area contributed by atoms with Crippen LogP contribution in [0.25, 0.3) is 6.08 Å². The quantitative estimate of drug-likeness (QED) is 0.807. The van der Waals surface area contributed by atoms with Gasteiger partial charge in [-0.2, -0.15) is 0 Å². The lowest BCUT2D eigenvalue weighted by molar-refractivity contribution is 0.345. The second-order valence-corrected chi connectivity index (χ2v) is 6.62. The van der Waals surface area contributed by atoms with Crippen LogP contribution in [-0.2, 0) is 5.41 Å². The van der Waals surface area contributed by atoms with E-state index in [9.17, 15) is 10.2 Å². The molecule has 2 nitrogen and oxygen atoms in total. The van der Waals surface area contributed by atoms with E-state index in [-0.39, 0.29) is 11.2 Å². The summed E-state index contributed by atoms with van der Waals surface area (Å²) in [6.07, 6.45) is 7.56. The predicted octanol–water partition coefficient (Wildman–Crippen LogP) is 5.30. The standard InChI is InChI=1S/C21H24O2/c1-3-16-14-18(8-10-20(16)23)21(11-5-4-6-12-21)17-7-9-19(22)15(2)13-17/h3,7-10,13-14,22-23H,1,4-6,11-12H2,2H3. The Morgan fingerprint density at radius 3 is 2.13 bits per heavy atom. The Balaban J connectivity index is 2.16. The average Bonchev–Trinajstić information content (AvgIpc) is 2.58. The molecule has 0 spiro atoms. The number of hydrogen-bond donors (Lipinski definition) is 2. The summed E-state index contributed by atoms with van der Waals surface area (Å²) in [5, 5.41) is 19.8. The summed E-state index contributed by atoms with van der Waals surface area (Å²) in [6, 6.07) is 11.8. The highest BCUT2D eigenvalue weighted by atomic mass is 16.3. The van der Waals surface area contributed by atoms with Crippen LogP contribution in [0.15, 0.2) is 43.0 Å². The van der Waals surface area contributed by atoms with Gasteiger partial charge in [-0.05, 0) is 54.7 Å². The minimum absolute atomic E-state index is 0.0395. The van der Waals surface area contributed by atoms with Crippen LogP contribution in [0.4, 0.5) is 0 Å². The van der Waals surface area contributed by atoms with E-state index < -0.39 is 0 Å². The molecule has 2 heteroatoms. The lowest BCUT2D eigenvalue weighted by atomic mass is 9.65. The lowest BCUT2D eigenvalue weighted by Gasteiger charge is -2.39. The minimum atomic E-state index is -0.0395. The highest BCUT2D eigenvalue weighted by Gasteiger charge is 2.36. The van der Waals surface area contributed by atoms with E-state index in [4.69, 9.17) is 0 Å². The largest absolute Gasteiger partial charge is 0.508 e. The molecule has 0 saturated heterocycles. The number of rotatable bonds is 3. The molecule has 120 valence electrons. The molecule has 2 aromatic carbocycles. The number of phenols is 2. The fourth-order valence-electron chi connectivity index (χ4n) is 3.87. The third kappa shape index (κ3) is 2.74. The second kappa shape index (κ2) is 6.11. The molecule has 3 rings (SSSR count). The maximum Gasteiger partial charge on any atom is 0.122 e. The monoisotopic (exact) mass is 308 g/mol. The molecule has 1 fully saturated rings. The van der Waals surface area contributed by atoms with E-state index in [1.807, 2.05) is 19.1 Å². The van der Waals surface area contributed by atoms with Crippen molar-refractivity contribution >= 4 is 6.08 Å². The second-order valence-electron chi connectivity index (χ2n) is 6.62. The van der Waals surface area contributed by atoms with Gasteiger partial charge in [-0.15, -0.1) is 0 Å². The van der Waals surface area contributed by atoms with Gasteiger partial charge >= 0.3 is 0 Å². The summed E-state index contributed by atoms with van der Waals surface area (Å²) in [5.41, 5.74) is 4.14. The van der Waals surface area contributed by atoms with Crippen molar-refractivity contribution in [3.8, 4) is 11.5 Å². The van der Waals surface area contributed by atoms with Crippen molar-refractivity contribution in [3.63, 3.8) is 0 Å². The molecule has 0 radical (unpaired) electrons. The summed E-state index contributed by atoms with van der Waals surface area (Å²) >= 11 is 0. The topological polar surface area (TPSA) is 40.5 Å². The third-order valence-corrected chi connectivity index (χ3v) is 5.26. The Morgan fingerprint density at radius 1 is 0.913 bits per heavy atom. The van der Waals surface area contributed by atoms with Gasteiger partial charge in [0.1, 0.15) is 11.5 Å². The maximum absolute atomic E-state index is 9.96. The molecule has 2 aromatic rings. The van der Waals surface area contributed by atoms with E-state index >= 15 is 0 Å². The van der Waals surface area contributed by atoms with E-state index in [0.717, 1.165) is 24.0 Å². The zero-order chi connectivity index (χ0) is 16.4. The Bertz CT molecular complexity index is 725. The number of phenolic OH excluding ortho intramolecular Hbond substituents is 2. The van der Waals surface area contributed by atoms with Crippen LogP contribution in [0.2, 0.25) is 0 Å². The highest BCUT2D eigenvalue weighted by molar-refractivity contribution is 5.58. The van der Waals surface area contributed by atoms with Crippen LogP contribution in [0, 0.1) is 6.92 Å². The van der Waals surface area contributed by atoms with Gasteiger partial charge in [-0.25, -0.2) is 0 Å². The van der Waals surface area contributed by atoms with Crippen molar-refractivity contribution in [1.82, 2.24) is 0 Å². The molecule has 0 atom stereocenters. The van der Waals surface area contributed by atoms with Gasteiger partial charge in [0.05, 0.1) is 0 Å². The Hall–Kier alpha value is -2.22. The summed E-state index contributed by atoms with van der Waals surface area (Å²) in [4.78, 5) is 0.